The van der Waals surface area contributed by atoms with E-state index in [1.807, 2.05) is 0 Å². The molecule has 0 radical (unpaired) electrons. The molecule has 0 saturated carbocycles. The molecule has 0 unspecified atom stereocenters. The molecule has 1 aliphatic rings. The van der Waals surface area contributed by atoms with Gasteiger partial charge in [-0.3, -0.25) is 19.1 Å². The molecule has 1 aliphatic carbocycles. The van der Waals surface area contributed by atoms with Crippen LogP contribution in [-0.2, 0) is 59.1 Å². The molecule has 3 heterocycles. The zero-order valence-electron chi connectivity index (χ0n) is 32.5. The number of sulfone groups is 1. The Balaban J connectivity index is 1.55. The Morgan fingerprint density at radius 1 is 1.02 bits per heavy atom. The molecule has 1 amide bonds. The minimum absolute atomic E-state index is 0.00863. The van der Waals surface area contributed by atoms with Crippen LogP contribution in [0.2, 0.25) is 5.02 Å². The smallest absolute Gasteiger partial charge is 0.346 e. The lowest BCUT2D eigenvalue weighted by atomic mass is 9.93. The van der Waals surface area contributed by atoms with Crippen LogP contribution in [0.3, 0.4) is 0 Å². The van der Waals surface area contributed by atoms with Gasteiger partial charge in [-0.25, -0.2) is 17.2 Å². The van der Waals surface area contributed by atoms with Gasteiger partial charge in [0, 0.05) is 40.1 Å². The standard InChI is InChI=1S/C40H35ClF10N6O3S/c1-6-22-16-28-35(40(49,50)51)55-56(36(28)39(22,47)48)18-31(58)53-30(15-21-13-23(42)17-24(43)14-21)33-26(8-7-25(52-33)11-12-37(3,4)61(5,59)60)27-9-10-29(41)32-20(2)54-57(34(27)32)19-38(44,45)46/h1,7-10,13-14,17,22,30H,11-12,15-16,18-19H2,2-5H3,(H,53,58)/t22-,30+/m1/s1. The molecule has 0 spiro atoms. The van der Waals surface area contributed by atoms with Gasteiger partial charge in [-0.15, -0.1) is 6.42 Å². The third kappa shape index (κ3) is 9.22. The lowest BCUT2D eigenvalue weighted by Gasteiger charge is -2.25. The van der Waals surface area contributed by atoms with Crippen LogP contribution >= 0.6 is 11.6 Å². The summed E-state index contributed by atoms with van der Waals surface area (Å²) in [6.45, 7) is 1.54. The zero-order valence-corrected chi connectivity index (χ0v) is 34.1. The van der Waals surface area contributed by atoms with E-state index in [1.165, 1.54) is 45.0 Å². The maximum absolute atomic E-state index is 15.5. The van der Waals surface area contributed by atoms with Gasteiger partial charge in [0.05, 0.1) is 38.6 Å². The molecular weight excluding hydrogens is 870 g/mol. The van der Waals surface area contributed by atoms with Crippen molar-refractivity contribution in [3.8, 4) is 23.5 Å². The minimum Gasteiger partial charge on any atom is -0.346 e. The van der Waals surface area contributed by atoms with Crippen LogP contribution in [-0.4, -0.2) is 56.0 Å². The first-order chi connectivity index (χ1) is 28.1. The number of aromatic nitrogens is 5. The lowest BCUT2D eigenvalue weighted by molar-refractivity contribution is -0.143. The van der Waals surface area contributed by atoms with Crippen LogP contribution < -0.4 is 5.32 Å². The quantitative estimate of drug-likeness (QED) is 0.0990. The highest BCUT2D eigenvalue weighted by molar-refractivity contribution is 7.92. The number of carbonyl (C=O) groups excluding carboxylic acids is 1. The second-order valence-corrected chi connectivity index (χ2v) is 18.5. The summed E-state index contributed by atoms with van der Waals surface area (Å²) in [6, 6.07) is 6.39. The second kappa shape index (κ2) is 15.9. The predicted molar refractivity (Wildman–Crippen MR) is 204 cm³/mol. The number of benzene rings is 2. The van der Waals surface area contributed by atoms with Crippen molar-refractivity contribution in [1.29, 1.82) is 0 Å². The van der Waals surface area contributed by atoms with E-state index >= 15 is 8.78 Å². The fourth-order valence-electron chi connectivity index (χ4n) is 7.35. The fourth-order valence-corrected chi connectivity index (χ4v) is 8.11. The monoisotopic (exact) mass is 904 g/mol. The fraction of sp³-hybridized carbons (Fsp3) is 0.400. The van der Waals surface area contributed by atoms with Gasteiger partial charge in [-0.05, 0) is 76.3 Å². The van der Waals surface area contributed by atoms with Crippen molar-refractivity contribution >= 4 is 38.2 Å². The van der Waals surface area contributed by atoms with Gasteiger partial charge in [-0.1, -0.05) is 29.7 Å². The Morgan fingerprint density at radius 2 is 1.66 bits per heavy atom. The van der Waals surface area contributed by atoms with Crippen LogP contribution in [0.5, 0.6) is 0 Å². The first-order valence-electron chi connectivity index (χ1n) is 18.3. The second-order valence-electron chi connectivity index (χ2n) is 15.4. The summed E-state index contributed by atoms with van der Waals surface area (Å²) in [5.74, 6) is -7.58. The average molecular weight is 905 g/mol. The number of aryl methyl sites for hydroxylation is 2. The Kier molecular flexibility index (Phi) is 11.9. The van der Waals surface area contributed by atoms with Gasteiger partial charge >= 0.3 is 18.3 Å². The maximum atomic E-state index is 15.5. The molecule has 3 aromatic heterocycles. The molecule has 21 heteroatoms. The Morgan fingerprint density at radius 3 is 2.25 bits per heavy atom. The minimum atomic E-state index is -5.22. The summed E-state index contributed by atoms with van der Waals surface area (Å²) in [4.78, 5) is 18.7. The summed E-state index contributed by atoms with van der Waals surface area (Å²) in [7, 11) is -3.63. The van der Waals surface area contributed by atoms with Gasteiger partial charge in [0.1, 0.15) is 30.4 Å². The van der Waals surface area contributed by atoms with Gasteiger partial charge in [0.2, 0.25) is 5.91 Å². The van der Waals surface area contributed by atoms with E-state index in [4.69, 9.17) is 23.0 Å². The van der Waals surface area contributed by atoms with Crippen molar-refractivity contribution in [2.75, 3.05) is 6.26 Å². The molecule has 0 bridgehead atoms. The number of amides is 1. The van der Waals surface area contributed by atoms with Crippen molar-refractivity contribution in [2.45, 2.75) is 88.6 Å². The van der Waals surface area contributed by atoms with Crippen LogP contribution in [0.1, 0.15) is 65.9 Å². The van der Waals surface area contributed by atoms with E-state index in [0.29, 0.717) is 10.7 Å². The summed E-state index contributed by atoms with van der Waals surface area (Å²) < 4.78 is 169. The van der Waals surface area contributed by atoms with E-state index < -0.39 is 105 Å². The van der Waals surface area contributed by atoms with E-state index in [0.717, 1.165) is 18.4 Å². The number of alkyl halides is 8. The molecule has 326 valence electrons. The number of carbonyl (C=O) groups is 1. The first-order valence-corrected chi connectivity index (χ1v) is 20.6. The first kappa shape index (κ1) is 45.4. The Labute approximate surface area is 347 Å². The number of halogens is 11. The third-order valence-corrected chi connectivity index (χ3v) is 13.1. The summed E-state index contributed by atoms with van der Waals surface area (Å²) in [5, 5.41) is 10.0. The largest absolute Gasteiger partial charge is 0.435 e. The lowest BCUT2D eigenvalue weighted by Crippen LogP contribution is -2.35. The van der Waals surface area contributed by atoms with E-state index in [1.54, 1.807) is 5.92 Å². The zero-order chi connectivity index (χ0) is 45.2. The Hall–Kier alpha value is -5.16. The van der Waals surface area contributed by atoms with Crippen LogP contribution in [0.4, 0.5) is 43.9 Å². The summed E-state index contributed by atoms with van der Waals surface area (Å²) >= 11 is 6.48. The van der Waals surface area contributed by atoms with E-state index in [2.05, 4.69) is 15.5 Å². The topological polar surface area (TPSA) is 112 Å². The van der Waals surface area contributed by atoms with Gasteiger partial charge in [0.15, 0.2) is 15.5 Å². The van der Waals surface area contributed by atoms with Crippen molar-refractivity contribution < 1.29 is 57.1 Å². The number of terminal acetylenes is 1. The molecule has 6 rings (SSSR count). The van der Waals surface area contributed by atoms with Crippen LogP contribution in [0, 0.1) is 36.8 Å². The SMILES string of the molecule is C#C[C@@H]1Cc2c(C(F)(F)F)nn(CC(=O)N[C@@H](Cc3cc(F)cc(F)c3)c3nc(CCC(C)(C)S(C)(=O)=O)ccc3-c3ccc(Cl)c4c(C)nn(CC(F)(F)F)c34)c2C1(F)F. The number of fused-ring (bicyclic) bond motifs is 2. The van der Waals surface area contributed by atoms with E-state index in [9.17, 15) is 48.3 Å². The van der Waals surface area contributed by atoms with Crippen molar-refractivity contribution in [1.82, 2.24) is 29.9 Å². The number of nitrogens with zero attached hydrogens (tertiary/aromatic N) is 5. The van der Waals surface area contributed by atoms with E-state index in [-0.39, 0.29) is 67.2 Å². The highest BCUT2D eigenvalue weighted by Crippen LogP contribution is 2.49. The number of pyridine rings is 1. The highest BCUT2D eigenvalue weighted by atomic mass is 35.5. The number of nitrogens with one attached hydrogen (secondary N) is 1. The Bertz CT molecular complexity index is 2680. The predicted octanol–water partition coefficient (Wildman–Crippen LogP) is 8.87. The molecule has 0 fully saturated rings. The third-order valence-electron chi connectivity index (χ3n) is 10.6. The van der Waals surface area contributed by atoms with Crippen LogP contribution in [0.25, 0.3) is 22.0 Å². The van der Waals surface area contributed by atoms with Gasteiger partial charge in [-0.2, -0.15) is 45.3 Å². The molecule has 9 nitrogen and oxygen atoms in total. The molecule has 5 aromatic rings. The normalized spacial score (nSPS) is 16.1. The number of hydrogen-bond donors (Lipinski definition) is 1. The number of rotatable bonds is 12. The molecular formula is C40H35ClF10N6O3S. The summed E-state index contributed by atoms with van der Waals surface area (Å²) in [5.41, 5.74) is -3.88. The molecule has 1 N–H and O–H groups in total. The highest BCUT2D eigenvalue weighted by Gasteiger charge is 2.55. The molecule has 0 aliphatic heterocycles. The molecule has 2 atom stereocenters. The average Bonchev–Trinajstić information content (AvgIpc) is 3.74. The molecule has 0 saturated heterocycles. The maximum Gasteiger partial charge on any atom is 0.435 e. The number of hydrogen-bond acceptors (Lipinski definition) is 6. The van der Waals surface area contributed by atoms with Gasteiger partial charge in [0.25, 0.3) is 0 Å². The van der Waals surface area contributed by atoms with Gasteiger partial charge < -0.3 is 5.32 Å². The molecule has 61 heavy (non-hydrogen) atoms. The molecule has 2 aromatic carbocycles. The van der Waals surface area contributed by atoms with Crippen LogP contribution in [0.15, 0.2) is 42.5 Å². The summed E-state index contributed by atoms with van der Waals surface area (Å²) in [6.07, 6.45) is -5.20. The van der Waals surface area contributed by atoms with Crippen molar-refractivity contribution in [3.63, 3.8) is 0 Å². The van der Waals surface area contributed by atoms with Crippen molar-refractivity contribution in [2.24, 2.45) is 5.92 Å². The van der Waals surface area contributed by atoms with Crippen molar-refractivity contribution in [3.05, 3.63) is 98.7 Å².